The Labute approximate surface area is 97.6 Å². The molecule has 0 saturated carbocycles. The zero-order valence-corrected chi connectivity index (χ0v) is 9.21. The first-order valence-electron chi connectivity index (χ1n) is 4.94. The molecular formula is C11H12N2O4. The van der Waals surface area contributed by atoms with Crippen LogP contribution in [0.2, 0.25) is 0 Å². The lowest BCUT2D eigenvalue weighted by molar-refractivity contribution is -0.138. The largest absolute Gasteiger partial charge is 0.480 e. The number of hydrogen-bond acceptors (Lipinski definition) is 4. The minimum atomic E-state index is -1.29. The van der Waals surface area contributed by atoms with E-state index in [1.54, 1.807) is 24.3 Å². The molecule has 1 aromatic carbocycles. The Kier molecular flexibility index (Phi) is 4.33. The number of nitrogens with zero attached hydrogens (tertiary/aromatic N) is 1. The number of aliphatic carboxylic acids is 1. The quantitative estimate of drug-likeness (QED) is 0.744. The van der Waals surface area contributed by atoms with Gasteiger partial charge >= 0.3 is 5.97 Å². The molecule has 0 radical (unpaired) electrons. The molecule has 0 bridgehead atoms. The van der Waals surface area contributed by atoms with Gasteiger partial charge in [0.2, 0.25) is 0 Å². The van der Waals surface area contributed by atoms with Crippen LogP contribution in [0.4, 0.5) is 0 Å². The van der Waals surface area contributed by atoms with Gasteiger partial charge in [-0.1, -0.05) is 22.9 Å². The van der Waals surface area contributed by atoms with Crippen LogP contribution in [0.1, 0.15) is 15.9 Å². The van der Waals surface area contributed by atoms with E-state index in [-0.39, 0.29) is 0 Å². The fourth-order valence-corrected chi connectivity index (χ4v) is 1.21. The van der Waals surface area contributed by atoms with Gasteiger partial charge in [-0.15, -0.1) is 0 Å². The van der Waals surface area contributed by atoms with Crippen molar-refractivity contribution in [2.75, 3.05) is 6.54 Å². The first-order valence-corrected chi connectivity index (χ1v) is 4.94. The zero-order chi connectivity index (χ0) is 12.8. The number of carboxylic acid groups (broad SMARTS) is 1. The molecule has 90 valence electrons. The highest BCUT2D eigenvalue weighted by Gasteiger charge is 2.20. The number of nitrogens with one attached hydrogen (secondary N) is 1. The summed E-state index contributed by atoms with van der Waals surface area (Å²) in [5, 5.41) is 13.4. The SMILES string of the molecule is Cc1ccc(C(=O)NC(CN=O)C(=O)O)cc1. The molecule has 6 nitrogen and oxygen atoms in total. The van der Waals surface area contributed by atoms with Crippen LogP contribution < -0.4 is 5.32 Å². The van der Waals surface area contributed by atoms with E-state index >= 15 is 0 Å². The lowest BCUT2D eigenvalue weighted by Crippen LogP contribution is -2.42. The maximum absolute atomic E-state index is 11.6. The van der Waals surface area contributed by atoms with Crippen molar-refractivity contribution in [2.24, 2.45) is 5.18 Å². The maximum atomic E-state index is 11.6. The van der Waals surface area contributed by atoms with Crippen LogP contribution in [-0.2, 0) is 4.79 Å². The van der Waals surface area contributed by atoms with Crippen LogP contribution in [-0.4, -0.2) is 29.6 Å². The third kappa shape index (κ3) is 3.67. The van der Waals surface area contributed by atoms with Gasteiger partial charge < -0.3 is 10.4 Å². The summed E-state index contributed by atoms with van der Waals surface area (Å²) in [4.78, 5) is 32.3. The molecule has 6 heteroatoms. The number of carbonyl (C=O) groups is 2. The van der Waals surface area contributed by atoms with E-state index in [9.17, 15) is 14.5 Å². The second-order valence-electron chi connectivity index (χ2n) is 3.54. The summed E-state index contributed by atoms with van der Waals surface area (Å²) in [6.07, 6.45) is 0. The molecule has 0 aliphatic carbocycles. The lowest BCUT2D eigenvalue weighted by atomic mass is 10.1. The van der Waals surface area contributed by atoms with E-state index in [4.69, 9.17) is 5.11 Å². The van der Waals surface area contributed by atoms with E-state index < -0.39 is 24.5 Å². The summed E-state index contributed by atoms with van der Waals surface area (Å²) in [5.41, 5.74) is 1.33. The van der Waals surface area contributed by atoms with Crippen LogP contribution in [0.5, 0.6) is 0 Å². The Bertz CT molecular complexity index is 428. The highest BCUT2D eigenvalue weighted by molar-refractivity contribution is 5.96. The standard InChI is InChI=1S/C11H12N2O4/c1-7-2-4-8(5-3-7)10(14)13-9(6-12-17)11(15)16/h2-5,9H,6H2,1H3,(H,13,14)(H,15,16). The molecule has 0 spiro atoms. The third-order valence-electron chi connectivity index (χ3n) is 2.17. The molecule has 1 rings (SSSR count). The first-order chi connectivity index (χ1) is 8.04. The first kappa shape index (κ1) is 12.8. The van der Waals surface area contributed by atoms with E-state index in [0.717, 1.165) is 5.56 Å². The summed E-state index contributed by atoms with van der Waals surface area (Å²) >= 11 is 0. The van der Waals surface area contributed by atoms with Crippen molar-refractivity contribution in [2.45, 2.75) is 13.0 Å². The molecule has 0 heterocycles. The van der Waals surface area contributed by atoms with Crippen molar-refractivity contribution in [3.8, 4) is 0 Å². The second kappa shape index (κ2) is 5.74. The Morgan fingerprint density at radius 2 is 1.94 bits per heavy atom. The summed E-state index contributed by atoms with van der Waals surface area (Å²) in [5.74, 6) is -1.83. The van der Waals surface area contributed by atoms with E-state index in [1.807, 2.05) is 6.92 Å². The van der Waals surface area contributed by atoms with Gasteiger partial charge in [0.25, 0.3) is 5.91 Å². The van der Waals surface area contributed by atoms with Gasteiger partial charge in [0, 0.05) is 5.56 Å². The van der Waals surface area contributed by atoms with E-state index in [1.165, 1.54) is 0 Å². The van der Waals surface area contributed by atoms with Gasteiger partial charge in [-0.05, 0) is 19.1 Å². The topological polar surface area (TPSA) is 95.8 Å². The van der Waals surface area contributed by atoms with E-state index in [0.29, 0.717) is 5.56 Å². The van der Waals surface area contributed by atoms with Crippen molar-refractivity contribution in [3.05, 3.63) is 40.3 Å². The number of hydrogen-bond donors (Lipinski definition) is 2. The number of carbonyl (C=O) groups excluding carboxylic acids is 1. The minimum absolute atomic E-state index is 0.341. The van der Waals surface area contributed by atoms with Crippen LogP contribution in [0, 0.1) is 11.8 Å². The third-order valence-corrected chi connectivity index (χ3v) is 2.17. The Morgan fingerprint density at radius 3 is 2.41 bits per heavy atom. The predicted octanol–water partition coefficient (Wildman–Crippen LogP) is 0.944. The van der Waals surface area contributed by atoms with Crippen molar-refractivity contribution in [3.63, 3.8) is 0 Å². The molecule has 17 heavy (non-hydrogen) atoms. The van der Waals surface area contributed by atoms with Gasteiger partial charge in [-0.2, -0.15) is 4.91 Å². The molecule has 1 atom stereocenters. The summed E-state index contributed by atoms with van der Waals surface area (Å²) in [6.45, 7) is 1.38. The molecular weight excluding hydrogens is 224 g/mol. The Morgan fingerprint density at radius 1 is 1.35 bits per heavy atom. The van der Waals surface area contributed by atoms with Crippen molar-refractivity contribution >= 4 is 11.9 Å². The van der Waals surface area contributed by atoms with Crippen LogP contribution in [0.15, 0.2) is 29.4 Å². The predicted molar refractivity (Wildman–Crippen MR) is 60.7 cm³/mol. The van der Waals surface area contributed by atoms with Crippen molar-refractivity contribution < 1.29 is 14.7 Å². The molecule has 1 aromatic rings. The van der Waals surface area contributed by atoms with Gasteiger partial charge in [0.15, 0.2) is 6.04 Å². The monoisotopic (exact) mass is 236 g/mol. The second-order valence-corrected chi connectivity index (χ2v) is 3.54. The number of benzene rings is 1. The van der Waals surface area contributed by atoms with E-state index in [2.05, 4.69) is 10.5 Å². The molecule has 1 amide bonds. The molecule has 0 aliphatic heterocycles. The zero-order valence-electron chi connectivity index (χ0n) is 9.21. The molecule has 0 aliphatic rings. The molecule has 0 saturated heterocycles. The lowest BCUT2D eigenvalue weighted by Gasteiger charge is -2.10. The van der Waals surface area contributed by atoms with Gasteiger partial charge in [-0.25, -0.2) is 4.79 Å². The normalized spacial score (nSPS) is 11.6. The number of nitroso groups, excluding NO2 is 1. The molecule has 0 aromatic heterocycles. The molecule has 2 N–H and O–H groups in total. The fraction of sp³-hybridized carbons (Fsp3) is 0.273. The molecule has 1 unspecified atom stereocenters. The number of amides is 1. The fourth-order valence-electron chi connectivity index (χ4n) is 1.21. The van der Waals surface area contributed by atoms with Gasteiger partial charge in [0.05, 0.1) is 0 Å². The van der Waals surface area contributed by atoms with Crippen LogP contribution in [0.25, 0.3) is 0 Å². The highest BCUT2D eigenvalue weighted by Crippen LogP contribution is 2.03. The molecule has 0 fully saturated rings. The van der Waals surface area contributed by atoms with Crippen molar-refractivity contribution in [1.82, 2.24) is 5.32 Å². The Hall–Kier alpha value is -2.24. The highest BCUT2D eigenvalue weighted by atomic mass is 16.4. The van der Waals surface area contributed by atoms with Crippen LogP contribution in [0.3, 0.4) is 0 Å². The average molecular weight is 236 g/mol. The van der Waals surface area contributed by atoms with Gasteiger partial charge in [-0.3, -0.25) is 4.79 Å². The van der Waals surface area contributed by atoms with Crippen molar-refractivity contribution in [1.29, 1.82) is 0 Å². The average Bonchev–Trinajstić information content (AvgIpc) is 2.29. The van der Waals surface area contributed by atoms with Crippen LogP contribution >= 0.6 is 0 Å². The number of aryl methyl sites for hydroxylation is 1. The van der Waals surface area contributed by atoms with Gasteiger partial charge in [0.1, 0.15) is 6.54 Å². The smallest absolute Gasteiger partial charge is 0.328 e. The number of rotatable bonds is 5. The summed E-state index contributed by atoms with van der Waals surface area (Å²) < 4.78 is 0. The summed E-state index contributed by atoms with van der Waals surface area (Å²) in [7, 11) is 0. The maximum Gasteiger partial charge on any atom is 0.328 e. The minimum Gasteiger partial charge on any atom is -0.480 e. The number of carboxylic acids is 1. The summed E-state index contributed by atoms with van der Waals surface area (Å²) in [6, 6.07) is 5.35. The Balaban J connectivity index is 2.73.